The maximum Gasteiger partial charge on any atom is 0.488 e. The SMILES string of the molecule is CCCC1=C([C@H](O)CC/C(=C/c2cc(Br)ccc2O)c2ccccn2)[C@H](CO)[C@@H]2C(=O)N(c3cccc(B(O)O)c3)C(=O)[C@@H]2C1. The Morgan fingerprint density at radius 3 is 2.60 bits per heavy atom. The van der Waals surface area contributed by atoms with Crippen molar-refractivity contribution in [2.45, 2.75) is 45.1 Å². The number of amides is 2. The summed E-state index contributed by atoms with van der Waals surface area (Å²) < 4.78 is 0.799. The van der Waals surface area contributed by atoms with E-state index in [2.05, 4.69) is 20.9 Å². The first kappa shape index (κ1) is 32.8. The smallest absolute Gasteiger partial charge is 0.488 e. The molecule has 2 heterocycles. The van der Waals surface area contributed by atoms with Crippen molar-refractivity contribution in [2.24, 2.45) is 17.8 Å². The molecule has 5 rings (SSSR count). The Morgan fingerprint density at radius 2 is 1.91 bits per heavy atom. The molecule has 1 fully saturated rings. The number of fused-ring (bicyclic) bond motifs is 1. The molecule has 2 aliphatic rings. The summed E-state index contributed by atoms with van der Waals surface area (Å²) in [4.78, 5) is 33.1. The number of carbonyl (C=O) groups excluding carboxylic acids is 2. The molecule has 1 aromatic heterocycles. The Balaban J connectivity index is 1.46. The van der Waals surface area contributed by atoms with Crippen molar-refractivity contribution in [3.63, 3.8) is 0 Å². The third-order valence-electron chi connectivity index (χ3n) is 8.72. The zero-order valence-electron chi connectivity index (χ0n) is 24.9. The second-order valence-electron chi connectivity index (χ2n) is 11.6. The number of rotatable bonds is 11. The second kappa shape index (κ2) is 14.2. The molecule has 1 aliphatic heterocycles. The summed E-state index contributed by atoms with van der Waals surface area (Å²) in [5, 5.41) is 52.2. The number of benzene rings is 2. The summed E-state index contributed by atoms with van der Waals surface area (Å²) in [5.74, 6) is -3.09. The van der Waals surface area contributed by atoms with Crippen molar-refractivity contribution in [1.29, 1.82) is 0 Å². The van der Waals surface area contributed by atoms with Crippen LogP contribution in [0, 0.1) is 17.8 Å². The first-order valence-corrected chi connectivity index (χ1v) is 15.9. The molecular weight excluding hydrogens is 639 g/mol. The Morgan fingerprint density at radius 1 is 1.11 bits per heavy atom. The lowest BCUT2D eigenvalue weighted by atomic mass is 9.67. The standard InChI is InChI=1S/C34H36BBrN2O7/c1-2-6-21-17-26-32(34(43)38(33(26)42)25-8-5-7-23(18-25)35(44)45)27(19-39)31(21)30(41)12-10-20(28-9-3-4-14-37-28)15-22-16-24(36)11-13-29(22)40/h3-5,7-9,11,13-16,18,26-27,30,32,39-41,44-45H,2,6,10,12,17,19H2,1H3/b20-15-/t26-,27+,30-,32-/m1/s1. The Labute approximate surface area is 270 Å². The number of hydrogen-bond acceptors (Lipinski definition) is 8. The van der Waals surface area contributed by atoms with Crippen molar-refractivity contribution in [3.8, 4) is 5.75 Å². The van der Waals surface area contributed by atoms with Gasteiger partial charge in [-0.3, -0.25) is 19.5 Å². The van der Waals surface area contributed by atoms with Crippen LogP contribution < -0.4 is 10.4 Å². The number of imide groups is 1. The van der Waals surface area contributed by atoms with E-state index in [1.165, 1.54) is 12.1 Å². The molecule has 1 aliphatic carbocycles. The van der Waals surface area contributed by atoms with Gasteiger partial charge in [-0.2, -0.15) is 0 Å². The van der Waals surface area contributed by atoms with Crippen LogP contribution in [0.25, 0.3) is 11.6 Å². The molecule has 5 N–H and O–H groups in total. The first-order valence-electron chi connectivity index (χ1n) is 15.1. The Hall–Kier alpha value is -3.61. The van der Waals surface area contributed by atoms with Gasteiger partial charge in [0.05, 0.1) is 35.9 Å². The predicted molar refractivity (Wildman–Crippen MR) is 176 cm³/mol. The van der Waals surface area contributed by atoms with Gasteiger partial charge in [-0.25, -0.2) is 0 Å². The molecule has 0 bridgehead atoms. The molecule has 45 heavy (non-hydrogen) atoms. The number of phenols is 1. The highest BCUT2D eigenvalue weighted by atomic mass is 79.9. The number of aromatic nitrogens is 1. The lowest BCUT2D eigenvalue weighted by molar-refractivity contribution is -0.123. The van der Waals surface area contributed by atoms with Gasteiger partial charge in [0.25, 0.3) is 0 Å². The van der Waals surface area contributed by atoms with Crippen LogP contribution in [0.1, 0.15) is 50.3 Å². The van der Waals surface area contributed by atoms with Gasteiger partial charge >= 0.3 is 7.12 Å². The zero-order chi connectivity index (χ0) is 32.2. The van der Waals surface area contributed by atoms with Crippen molar-refractivity contribution >= 4 is 57.7 Å². The molecule has 2 amide bonds. The normalized spacial score (nSPS) is 20.9. The third kappa shape index (κ3) is 6.83. The van der Waals surface area contributed by atoms with Gasteiger partial charge in [0.2, 0.25) is 11.8 Å². The van der Waals surface area contributed by atoms with Crippen LogP contribution >= 0.6 is 15.9 Å². The average molecular weight is 675 g/mol. The molecule has 0 saturated carbocycles. The van der Waals surface area contributed by atoms with E-state index in [1.54, 1.807) is 36.5 Å². The highest BCUT2D eigenvalue weighted by Crippen LogP contribution is 2.48. The summed E-state index contributed by atoms with van der Waals surface area (Å²) in [6.07, 6.45) is 4.81. The van der Waals surface area contributed by atoms with Crippen LogP contribution in [0.5, 0.6) is 5.75 Å². The van der Waals surface area contributed by atoms with Crippen molar-refractivity contribution in [2.75, 3.05) is 11.5 Å². The van der Waals surface area contributed by atoms with Crippen LogP contribution in [0.2, 0.25) is 0 Å². The summed E-state index contributed by atoms with van der Waals surface area (Å²) >= 11 is 3.45. The van der Waals surface area contributed by atoms with E-state index in [0.29, 0.717) is 36.1 Å². The highest BCUT2D eigenvalue weighted by Gasteiger charge is 2.55. The number of hydrogen-bond donors (Lipinski definition) is 5. The van der Waals surface area contributed by atoms with E-state index in [0.717, 1.165) is 26.9 Å². The average Bonchev–Trinajstić information content (AvgIpc) is 3.29. The van der Waals surface area contributed by atoms with E-state index >= 15 is 0 Å². The predicted octanol–water partition coefficient (Wildman–Crippen LogP) is 3.83. The van der Waals surface area contributed by atoms with Crippen molar-refractivity contribution < 1.29 is 35.0 Å². The topological polar surface area (TPSA) is 151 Å². The maximum absolute atomic E-state index is 13.9. The molecule has 0 spiro atoms. The molecule has 3 aromatic rings. The number of allylic oxidation sites excluding steroid dienone is 2. The minimum absolute atomic E-state index is 0.104. The number of nitrogens with zero attached hydrogens (tertiary/aromatic N) is 2. The monoisotopic (exact) mass is 674 g/mol. The lowest BCUT2D eigenvalue weighted by Gasteiger charge is -2.36. The summed E-state index contributed by atoms with van der Waals surface area (Å²) in [7, 11) is -1.76. The maximum atomic E-state index is 13.9. The third-order valence-corrected chi connectivity index (χ3v) is 9.21. The number of halogens is 1. The molecule has 4 atom stereocenters. The summed E-state index contributed by atoms with van der Waals surface area (Å²) in [6.45, 7) is 1.58. The summed E-state index contributed by atoms with van der Waals surface area (Å²) in [6, 6.07) is 16.7. The van der Waals surface area contributed by atoms with E-state index in [4.69, 9.17) is 0 Å². The minimum Gasteiger partial charge on any atom is -0.507 e. The van der Waals surface area contributed by atoms with Crippen molar-refractivity contribution in [3.05, 3.63) is 93.7 Å². The van der Waals surface area contributed by atoms with Crippen LogP contribution in [-0.4, -0.2) is 62.0 Å². The Bertz CT molecular complexity index is 1630. The van der Waals surface area contributed by atoms with Crippen LogP contribution in [0.3, 0.4) is 0 Å². The largest absolute Gasteiger partial charge is 0.507 e. The van der Waals surface area contributed by atoms with Gasteiger partial charge in [-0.15, -0.1) is 0 Å². The minimum atomic E-state index is -1.76. The fourth-order valence-electron chi connectivity index (χ4n) is 6.68. The van der Waals surface area contributed by atoms with Gasteiger partial charge in [-0.1, -0.05) is 53.0 Å². The number of aromatic hydroxyl groups is 1. The van der Waals surface area contributed by atoms with Crippen LogP contribution in [0.15, 0.2) is 82.5 Å². The molecule has 234 valence electrons. The van der Waals surface area contributed by atoms with Gasteiger partial charge in [0.15, 0.2) is 0 Å². The van der Waals surface area contributed by atoms with Gasteiger partial charge in [-0.05, 0) is 90.8 Å². The Kier molecular flexibility index (Phi) is 10.4. The van der Waals surface area contributed by atoms with E-state index in [1.807, 2.05) is 31.2 Å². The molecule has 0 radical (unpaired) electrons. The molecular formula is C34H36BBrN2O7. The summed E-state index contributed by atoms with van der Waals surface area (Å²) in [5.41, 5.74) is 3.94. The number of anilines is 1. The molecule has 11 heteroatoms. The molecule has 0 unspecified atom stereocenters. The number of pyridine rings is 1. The number of aliphatic hydroxyl groups is 2. The van der Waals surface area contributed by atoms with E-state index < -0.39 is 49.4 Å². The van der Waals surface area contributed by atoms with Crippen LogP contribution in [-0.2, 0) is 9.59 Å². The zero-order valence-corrected chi connectivity index (χ0v) is 26.5. The number of aliphatic hydroxyl groups excluding tert-OH is 2. The quantitative estimate of drug-likeness (QED) is 0.117. The second-order valence-corrected chi connectivity index (χ2v) is 12.5. The molecule has 2 aromatic carbocycles. The lowest BCUT2D eigenvalue weighted by Crippen LogP contribution is -2.39. The van der Waals surface area contributed by atoms with Crippen molar-refractivity contribution in [1.82, 2.24) is 4.98 Å². The van der Waals surface area contributed by atoms with Gasteiger partial charge < -0.3 is 25.4 Å². The molecule has 9 nitrogen and oxygen atoms in total. The fraction of sp³-hybridized carbons (Fsp3) is 0.324. The van der Waals surface area contributed by atoms with Gasteiger partial charge in [0.1, 0.15) is 5.75 Å². The molecule has 1 saturated heterocycles. The first-order chi connectivity index (χ1) is 21.6. The van der Waals surface area contributed by atoms with E-state index in [9.17, 15) is 35.0 Å². The highest BCUT2D eigenvalue weighted by molar-refractivity contribution is 9.10. The van der Waals surface area contributed by atoms with Crippen LogP contribution in [0.4, 0.5) is 5.69 Å². The van der Waals surface area contributed by atoms with E-state index in [-0.39, 0.29) is 23.3 Å². The number of carbonyl (C=O) groups is 2. The number of phenolic OH excluding ortho intramolecular Hbond substituents is 1. The fourth-order valence-corrected chi connectivity index (χ4v) is 7.06. The van der Waals surface area contributed by atoms with Gasteiger partial charge in [0, 0.05) is 22.2 Å².